The number of methoxy groups -OCH3 is 1. The molecular weight excluding hydrogens is 288 g/mol. The van der Waals surface area contributed by atoms with Crippen molar-refractivity contribution in [1.29, 1.82) is 0 Å². The van der Waals surface area contributed by atoms with E-state index in [-0.39, 0.29) is 4.08 Å². The molecule has 0 bridgehead atoms. The first-order valence-electron chi connectivity index (χ1n) is 6.71. The zero-order chi connectivity index (χ0) is 13.8. The van der Waals surface area contributed by atoms with E-state index >= 15 is 0 Å². The summed E-state index contributed by atoms with van der Waals surface area (Å²) in [5, 5.41) is 0. The lowest BCUT2D eigenvalue weighted by Gasteiger charge is -2.28. The molecule has 106 valence electrons. The van der Waals surface area contributed by atoms with Crippen LogP contribution >= 0.6 is 23.5 Å². The molecule has 2 heterocycles. The summed E-state index contributed by atoms with van der Waals surface area (Å²) in [6.07, 6.45) is 6.89. The van der Waals surface area contributed by atoms with E-state index in [1.165, 1.54) is 17.1 Å². The molecule has 1 saturated heterocycles. The van der Waals surface area contributed by atoms with Gasteiger partial charge in [0.15, 0.2) is 0 Å². The highest BCUT2D eigenvalue weighted by molar-refractivity contribution is 8.20. The molecule has 1 aliphatic rings. The standard InChI is InChI=1S/C15H18N2OS2/c1-18-14-4-2-13(3-5-14)15(19-10-11-20-15)6-8-17-9-7-16-12-17/h2-5,7,9,12H,6,8,10-11H2,1H3. The van der Waals surface area contributed by atoms with Crippen molar-refractivity contribution in [3.05, 3.63) is 48.5 Å². The Kier molecular flexibility index (Phi) is 4.27. The predicted molar refractivity (Wildman–Crippen MR) is 86.4 cm³/mol. The number of ether oxygens (including phenoxy) is 1. The fraction of sp³-hybridized carbons (Fsp3) is 0.400. The second-order valence-corrected chi connectivity index (χ2v) is 7.77. The first kappa shape index (κ1) is 13.9. The topological polar surface area (TPSA) is 27.1 Å². The number of thioether (sulfide) groups is 2. The van der Waals surface area contributed by atoms with E-state index in [1.807, 2.05) is 18.7 Å². The van der Waals surface area contributed by atoms with Crippen LogP contribution in [-0.4, -0.2) is 28.2 Å². The molecule has 3 nitrogen and oxygen atoms in total. The van der Waals surface area contributed by atoms with Crippen LogP contribution < -0.4 is 4.74 Å². The summed E-state index contributed by atoms with van der Waals surface area (Å²) >= 11 is 4.13. The fourth-order valence-electron chi connectivity index (χ4n) is 2.45. The Morgan fingerprint density at radius 3 is 2.60 bits per heavy atom. The molecule has 3 rings (SSSR count). The Balaban J connectivity index is 1.79. The van der Waals surface area contributed by atoms with E-state index in [2.05, 4.69) is 57.3 Å². The summed E-state index contributed by atoms with van der Waals surface area (Å²) in [7, 11) is 1.71. The molecule has 0 spiro atoms. The number of hydrogen-bond acceptors (Lipinski definition) is 4. The Bertz CT molecular complexity index is 534. The average Bonchev–Trinajstić information content (AvgIpc) is 3.17. The van der Waals surface area contributed by atoms with E-state index in [1.54, 1.807) is 7.11 Å². The third-order valence-electron chi connectivity index (χ3n) is 3.54. The Morgan fingerprint density at radius 1 is 1.25 bits per heavy atom. The Labute approximate surface area is 128 Å². The first-order chi connectivity index (χ1) is 9.82. The molecule has 1 aromatic carbocycles. The molecule has 2 aromatic rings. The van der Waals surface area contributed by atoms with Gasteiger partial charge in [-0.05, 0) is 24.1 Å². The lowest BCUT2D eigenvalue weighted by Crippen LogP contribution is -2.17. The van der Waals surface area contributed by atoms with Gasteiger partial charge in [0.1, 0.15) is 5.75 Å². The zero-order valence-corrected chi connectivity index (χ0v) is 13.1. The summed E-state index contributed by atoms with van der Waals surface area (Å²) in [4.78, 5) is 4.12. The lowest BCUT2D eigenvalue weighted by atomic mass is 10.1. The van der Waals surface area contributed by atoms with Gasteiger partial charge in [0.05, 0.1) is 17.5 Å². The van der Waals surface area contributed by atoms with E-state index in [0.717, 1.165) is 18.7 Å². The number of aryl methyl sites for hydroxylation is 1. The number of nitrogens with zero attached hydrogens (tertiary/aromatic N) is 2. The molecule has 0 amide bonds. The number of benzene rings is 1. The molecular formula is C15H18N2OS2. The lowest BCUT2D eigenvalue weighted by molar-refractivity contribution is 0.414. The minimum Gasteiger partial charge on any atom is -0.497 e. The van der Waals surface area contributed by atoms with Gasteiger partial charge in [-0.15, -0.1) is 23.5 Å². The van der Waals surface area contributed by atoms with Gasteiger partial charge in [0, 0.05) is 30.4 Å². The van der Waals surface area contributed by atoms with Crippen LogP contribution in [0.25, 0.3) is 0 Å². The molecule has 20 heavy (non-hydrogen) atoms. The molecule has 0 saturated carbocycles. The van der Waals surface area contributed by atoms with Crippen LogP contribution in [0.5, 0.6) is 5.75 Å². The van der Waals surface area contributed by atoms with Gasteiger partial charge in [-0.1, -0.05) is 12.1 Å². The Morgan fingerprint density at radius 2 is 2.00 bits per heavy atom. The normalized spacial score (nSPS) is 17.2. The average molecular weight is 306 g/mol. The third-order valence-corrected chi connectivity index (χ3v) is 7.14. The minimum absolute atomic E-state index is 0.177. The van der Waals surface area contributed by atoms with Crippen LogP contribution in [0.2, 0.25) is 0 Å². The number of aromatic nitrogens is 2. The summed E-state index contributed by atoms with van der Waals surface area (Å²) in [6, 6.07) is 8.54. The third kappa shape index (κ3) is 2.83. The largest absolute Gasteiger partial charge is 0.497 e. The van der Waals surface area contributed by atoms with Gasteiger partial charge in [0.25, 0.3) is 0 Å². The van der Waals surface area contributed by atoms with Crippen molar-refractivity contribution in [1.82, 2.24) is 9.55 Å². The monoisotopic (exact) mass is 306 g/mol. The maximum atomic E-state index is 5.26. The zero-order valence-electron chi connectivity index (χ0n) is 11.5. The summed E-state index contributed by atoms with van der Waals surface area (Å²) in [6.45, 7) is 1.01. The SMILES string of the molecule is COc1ccc(C2(CCn3ccnc3)SCCS2)cc1. The summed E-state index contributed by atoms with van der Waals surface area (Å²) in [5.41, 5.74) is 1.39. The Hall–Kier alpha value is -1.07. The molecule has 0 N–H and O–H groups in total. The first-order valence-corrected chi connectivity index (χ1v) is 8.68. The number of rotatable bonds is 5. The van der Waals surface area contributed by atoms with Gasteiger partial charge in [0.2, 0.25) is 0 Å². The number of hydrogen-bond donors (Lipinski definition) is 0. The maximum absolute atomic E-state index is 5.26. The fourth-order valence-corrected chi connectivity index (χ4v) is 5.69. The van der Waals surface area contributed by atoms with Crippen molar-refractivity contribution in [3.8, 4) is 5.75 Å². The molecule has 0 aliphatic carbocycles. The molecule has 1 aromatic heterocycles. The van der Waals surface area contributed by atoms with Crippen molar-refractivity contribution < 1.29 is 4.74 Å². The molecule has 0 unspecified atom stereocenters. The maximum Gasteiger partial charge on any atom is 0.118 e. The van der Waals surface area contributed by atoms with Crippen molar-refractivity contribution in [2.75, 3.05) is 18.6 Å². The number of imidazole rings is 1. The minimum atomic E-state index is 0.177. The van der Waals surface area contributed by atoms with Gasteiger partial charge in [-0.2, -0.15) is 0 Å². The van der Waals surface area contributed by atoms with Crippen molar-refractivity contribution in [3.63, 3.8) is 0 Å². The molecule has 5 heteroatoms. The van der Waals surface area contributed by atoms with Gasteiger partial charge < -0.3 is 9.30 Å². The molecule has 1 fully saturated rings. The van der Waals surface area contributed by atoms with Crippen LogP contribution in [0.4, 0.5) is 0 Å². The van der Waals surface area contributed by atoms with Gasteiger partial charge in [-0.3, -0.25) is 0 Å². The summed E-state index contributed by atoms with van der Waals surface area (Å²) in [5.74, 6) is 3.37. The highest BCUT2D eigenvalue weighted by Gasteiger charge is 2.37. The quantitative estimate of drug-likeness (QED) is 0.843. The van der Waals surface area contributed by atoms with Crippen molar-refractivity contribution in [2.45, 2.75) is 17.0 Å². The summed E-state index contributed by atoms with van der Waals surface area (Å²) < 4.78 is 7.59. The van der Waals surface area contributed by atoms with Gasteiger partial charge >= 0.3 is 0 Å². The van der Waals surface area contributed by atoms with Crippen LogP contribution in [-0.2, 0) is 10.6 Å². The predicted octanol–water partition coefficient (Wildman–Crippen LogP) is 3.61. The van der Waals surface area contributed by atoms with E-state index < -0.39 is 0 Å². The molecule has 1 aliphatic heterocycles. The van der Waals surface area contributed by atoms with Crippen molar-refractivity contribution >= 4 is 23.5 Å². The smallest absolute Gasteiger partial charge is 0.118 e. The van der Waals surface area contributed by atoms with E-state index in [0.29, 0.717) is 0 Å². The second-order valence-electron chi connectivity index (χ2n) is 4.73. The molecule has 0 atom stereocenters. The van der Waals surface area contributed by atoms with E-state index in [9.17, 15) is 0 Å². The van der Waals surface area contributed by atoms with E-state index in [4.69, 9.17) is 4.74 Å². The van der Waals surface area contributed by atoms with Crippen LogP contribution in [0.3, 0.4) is 0 Å². The van der Waals surface area contributed by atoms with Crippen LogP contribution in [0.1, 0.15) is 12.0 Å². The van der Waals surface area contributed by atoms with Crippen LogP contribution in [0, 0.1) is 0 Å². The van der Waals surface area contributed by atoms with Crippen molar-refractivity contribution in [2.24, 2.45) is 0 Å². The van der Waals surface area contributed by atoms with Crippen LogP contribution in [0.15, 0.2) is 43.0 Å². The van der Waals surface area contributed by atoms with Gasteiger partial charge in [-0.25, -0.2) is 4.98 Å². The second kappa shape index (κ2) is 6.14. The highest BCUT2D eigenvalue weighted by atomic mass is 32.2. The molecule has 0 radical (unpaired) electrons. The highest BCUT2D eigenvalue weighted by Crippen LogP contribution is 2.54.